The molecule has 3 rings (SSSR count). The lowest BCUT2D eigenvalue weighted by molar-refractivity contribution is -0.132. The second kappa shape index (κ2) is 7.48. The fourth-order valence-corrected chi connectivity index (χ4v) is 5.02. The highest BCUT2D eigenvalue weighted by Crippen LogP contribution is 2.42. The van der Waals surface area contributed by atoms with E-state index in [1.165, 1.54) is 0 Å². The van der Waals surface area contributed by atoms with Crippen molar-refractivity contribution in [3.05, 3.63) is 23.8 Å². The van der Waals surface area contributed by atoms with Crippen LogP contribution in [0.2, 0.25) is 0 Å². The van der Waals surface area contributed by atoms with Crippen LogP contribution in [0.3, 0.4) is 0 Å². The minimum atomic E-state index is 0.0881. The fraction of sp³-hybridized carbons (Fsp3) is 0.650. The third-order valence-electron chi connectivity index (χ3n) is 4.55. The molecule has 0 N–H and O–H groups in total. The van der Waals surface area contributed by atoms with Crippen molar-refractivity contribution in [1.29, 1.82) is 0 Å². The smallest absolute Gasteiger partial charge is 0.224 e. The Morgan fingerprint density at radius 2 is 2.00 bits per heavy atom. The second-order valence-corrected chi connectivity index (χ2v) is 9.48. The van der Waals surface area contributed by atoms with Gasteiger partial charge in [0, 0.05) is 18.7 Å². The van der Waals surface area contributed by atoms with E-state index >= 15 is 0 Å². The van der Waals surface area contributed by atoms with Crippen LogP contribution in [0.15, 0.2) is 18.2 Å². The predicted octanol–water partition coefficient (Wildman–Crippen LogP) is 4.49. The van der Waals surface area contributed by atoms with Crippen LogP contribution in [-0.4, -0.2) is 36.3 Å². The zero-order valence-corrected chi connectivity index (χ0v) is 16.5. The molecule has 0 bridgehead atoms. The lowest BCUT2D eigenvalue weighted by Gasteiger charge is -2.28. The Bertz CT molecular complexity index is 626. The van der Waals surface area contributed by atoms with Gasteiger partial charge in [0.1, 0.15) is 18.6 Å². The third-order valence-corrected chi connectivity index (χ3v) is 5.81. The van der Waals surface area contributed by atoms with Gasteiger partial charge in [-0.1, -0.05) is 33.8 Å². The first-order valence-electron chi connectivity index (χ1n) is 9.14. The number of hydrogen-bond donors (Lipinski definition) is 0. The van der Waals surface area contributed by atoms with Crippen molar-refractivity contribution in [2.45, 2.75) is 45.9 Å². The van der Waals surface area contributed by atoms with Gasteiger partial charge >= 0.3 is 0 Å². The number of carbonyl (C=O) groups excluding carboxylic acids is 1. The van der Waals surface area contributed by atoms with Gasteiger partial charge in [-0.3, -0.25) is 4.79 Å². The van der Waals surface area contributed by atoms with Gasteiger partial charge in [0.15, 0.2) is 11.5 Å². The molecule has 2 heterocycles. The van der Waals surface area contributed by atoms with E-state index in [2.05, 4.69) is 33.8 Å². The maximum atomic E-state index is 12.9. The number of fused-ring (bicyclic) bond motifs is 1. The summed E-state index contributed by atoms with van der Waals surface area (Å²) < 4.78 is 11.3. The van der Waals surface area contributed by atoms with Crippen LogP contribution in [0, 0.1) is 11.3 Å². The molecule has 1 aromatic rings. The largest absolute Gasteiger partial charge is 0.486 e. The fourth-order valence-electron chi connectivity index (χ4n) is 3.75. The monoisotopic (exact) mass is 363 g/mol. The minimum absolute atomic E-state index is 0.0881. The molecule has 25 heavy (non-hydrogen) atoms. The van der Waals surface area contributed by atoms with Gasteiger partial charge in [-0.2, -0.15) is 0 Å². The van der Waals surface area contributed by atoms with Crippen molar-refractivity contribution in [3.63, 3.8) is 0 Å². The van der Waals surface area contributed by atoms with E-state index in [1.807, 2.05) is 28.8 Å². The molecule has 0 saturated carbocycles. The quantitative estimate of drug-likeness (QED) is 0.790. The molecule has 1 fully saturated rings. The van der Waals surface area contributed by atoms with Crippen LogP contribution < -0.4 is 9.47 Å². The summed E-state index contributed by atoms with van der Waals surface area (Å²) in [5.41, 5.74) is 1.39. The molecular weight excluding hydrogens is 334 g/mol. The van der Waals surface area contributed by atoms with E-state index in [0.29, 0.717) is 25.6 Å². The molecule has 2 aliphatic heterocycles. The average molecular weight is 364 g/mol. The Morgan fingerprint density at radius 3 is 2.72 bits per heavy atom. The maximum Gasteiger partial charge on any atom is 0.224 e. The Hall–Kier alpha value is -1.36. The summed E-state index contributed by atoms with van der Waals surface area (Å²) in [6.45, 7) is 10.9. The molecular formula is C20H29NO3S. The summed E-state index contributed by atoms with van der Waals surface area (Å²) in [6, 6.07) is 6.07. The summed E-state index contributed by atoms with van der Waals surface area (Å²) in [6.07, 6.45) is 1.69. The van der Waals surface area contributed by atoms with Gasteiger partial charge in [-0.25, -0.2) is 0 Å². The summed E-state index contributed by atoms with van der Waals surface area (Å²) in [7, 11) is 0. The number of nitrogens with zero attached hydrogens (tertiary/aromatic N) is 1. The molecule has 1 amide bonds. The molecule has 2 atom stereocenters. The molecule has 0 unspecified atom stereocenters. The average Bonchev–Trinajstić information content (AvgIpc) is 3.02. The molecule has 0 aromatic heterocycles. The van der Waals surface area contributed by atoms with Gasteiger partial charge < -0.3 is 14.4 Å². The van der Waals surface area contributed by atoms with Gasteiger partial charge in [0.25, 0.3) is 0 Å². The lowest BCUT2D eigenvalue weighted by atomic mass is 9.84. The number of amides is 1. The summed E-state index contributed by atoms with van der Waals surface area (Å²) in [4.78, 5) is 14.9. The van der Waals surface area contributed by atoms with E-state index in [0.717, 1.165) is 35.8 Å². The SMILES string of the molecule is C[C@H](CC(=O)N1CCS[C@H]1c1ccc2c(c1)OCCO2)CC(C)(C)C. The van der Waals surface area contributed by atoms with Crippen molar-refractivity contribution in [2.75, 3.05) is 25.5 Å². The van der Waals surface area contributed by atoms with Crippen molar-refractivity contribution in [2.24, 2.45) is 11.3 Å². The molecule has 0 radical (unpaired) electrons. The van der Waals surface area contributed by atoms with E-state index in [1.54, 1.807) is 0 Å². The van der Waals surface area contributed by atoms with Crippen LogP contribution in [0.5, 0.6) is 11.5 Å². The molecule has 138 valence electrons. The van der Waals surface area contributed by atoms with Crippen molar-refractivity contribution in [3.8, 4) is 11.5 Å². The summed E-state index contributed by atoms with van der Waals surface area (Å²) in [5, 5.41) is 0.0881. The second-order valence-electron chi connectivity index (χ2n) is 8.29. The van der Waals surface area contributed by atoms with E-state index < -0.39 is 0 Å². The topological polar surface area (TPSA) is 38.8 Å². The predicted molar refractivity (Wildman–Crippen MR) is 102 cm³/mol. The van der Waals surface area contributed by atoms with Crippen LogP contribution in [0.4, 0.5) is 0 Å². The molecule has 5 heteroatoms. The molecule has 0 aliphatic carbocycles. The number of carbonyl (C=O) groups is 1. The highest BCUT2D eigenvalue weighted by molar-refractivity contribution is 7.99. The summed E-state index contributed by atoms with van der Waals surface area (Å²) in [5.74, 6) is 3.25. The Balaban J connectivity index is 1.69. The third kappa shape index (κ3) is 4.63. The number of ether oxygens (including phenoxy) is 2. The molecule has 1 saturated heterocycles. The van der Waals surface area contributed by atoms with Crippen LogP contribution >= 0.6 is 11.8 Å². The first-order chi connectivity index (χ1) is 11.8. The minimum Gasteiger partial charge on any atom is -0.486 e. The standard InChI is InChI=1S/C20H29NO3S/c1-14(13-20(2,3)4)11-18(22)21-7-10-25-19(21)15-5-6-16-17(12-15)24-9-8-23-16/h5-6,12,14,19H,7-11,13H2,1-4H3/t14-,19+/m1/s1. The van der Waals surface area contributed by atoms with Crippen molar-refractivity contribution >= 4 is 17.7 Å². The number of benzene rings is 1. The molecule has 2 aliphatic rings. The first-order valence-corrected chi connectivity index (χ1v) is 10.2. The van der Waals surface area contributed by atoms with Crippen LogP contribution in [0.1, 0.15) is 51.5 Å². The highest BCUT2D eigenvalue weighted by Gasteiger charge is 2.32. The van der Waals surface area contributed by atoms with Gasteiger partial charge in [0.2, 0.25) is 5.91 Å². The molecule has 0 spiro atoms. The number of thioether (sulfide) groups is 1. The van der Waals surface area contributed by atoms with E-state index in [4.69, 9.17) is 9.47 Å². The first kappa shape index (κ1) is 18.4. The van der Waals surface area contributed by atoms with Gasteiger partial charge in [-0.05, 0) is 35.4 Å². The van der Waals surface area contributed by atoms with E-state index in [9.17, 15) is 4.79 Å². The zero-order chi connectivity index (χ0) is 18.0. The normalized spacial score (nSPS) is 21.3. The Labute approximate surface area is 155 Å². The Morgan fingerprint density at radius 1 is 1.28 bits per heavy atom. The van der Waals surface area contributed by atoms with Crippen molar-refractivity contribution < 1.29 is 14.3 Å². The van der Waals surface area contributed by atoms with Crippen molar-refractivity contribution in [1.82, 2.24) is 4.90 Å². The molecule has 4 nitrogen and oxygen atoms in total. The van der Waals surface area contributed by atoms with Crippen LogP contribution in [-0.2, 0) is 4.79 Å². The maximum absolute atomic E-state index is 12.9. The number of hydrogen-bond acceptors (Lipinski definition) is 4. The number of rotatable bonds is 4. The lowest BCUT2D eigenvalue weighted by Crippen LogP contribution is -2.32. The zero-order valence-electron chi connectivity index (χ0n) is 15.7. The highest BCUT2D eigenvalue weighted by atomic mass is 32.2. The van der Waals surface area contributed by atoms with Gasteiger partial charge in [0.05, 0.1) is 0 Å². The summed E-state index contributed by atoms with van der Waals surface area (Å²) >= 11 is 1.83. The molecule has 1 aromatic carbocycles. The van der Waals surface area contributed by atoms with Gasteiger partial charge in [-0.15, -0.1) is 11.8 Å². The Kier molecular flexibility index (Phi) is 5.52. The van der Waals surface area contributed by atoms with E-state index in [-0.39, 0.29) is 16.7 Å². The van der Waals surface area contributed by atoms with Crippen LogP contribution in [0.25, 0.3) is 0 Å².